The maximum Gasteiger partial charge on any atom is 0.314 e. The Morgan fingerprint density at radius 3 is 2.65 bits per heavy atom. The van der Waals surface area contributed by atoms with Gasteiger partial charge in [0.2, 0.25) is 0 Å². The fraction of sp³-hybridized carbons (Fsp3) is 0.412. The van der Waals surface area contributed by atoms with Gasteiger partial charge in [0.25, 0.3) is 0 Å². The minimum atomic E-state index is -0.232. The predicted octanol–water partition coefficient (Wildman–Crippen LogP) is 2.64. The second-order valence-electron chi connectivity index (χ2n) is 5.63. The van der Waals surface area contributed by atoms with E-state index in [2.05, 4.69) is 20.8 Å². The largest absolute Gasteiger partial charge is 0.338 e. The summed E-state index contributed by atoms with van der Waals surface area (Å²) < 4.78 is 13.0. The highest BCUT2D eigenvalue weighted by atomic mass is 19.1. The Morgan fingerprint density at radius 2 is 1.96 bits per heavy atom. The molecule has 3 N–H and O–H groups in total. The highest BCUT2D eigenvalue weighted by Gasteiger charge is 2.04. The van der Waals surface area contributed by atoms with Crippen LogP contribution in [0.5, 0.6) is 0 Å². The molecule has 0 aliphatic carbocycles. The number of urea groups is 1. The number of aromatic amines is 1. The van der Waals surface area contributed by atoms with E-state index >= 15 is 0 Å². The molecule has 1 heterocycles. The van der Waals surface area contributed by atoms with Crippen LogP contribution in [0.15, 0.2) is 24.4 Å². The second kappa shape index (κ2) is 8.31. The monoisotopic (exact) mass is 318 g/mol. The lowest BCUT2D eigenvalue weighted by Crippen LogP contribution is -2.37. The first kappa shape index (κ1) is 17.0. The number of nitrogens with one attached hydrogen (secondary N) is 3. The molecule has 0 saturated heterocycles. The Labute approximate surface area is 135 Å². The number of rotatable bonds is 7. The normalized spacial score (nSPS) is 10.6. The number of halogens is 1. The maximum atomic E-state index is 13.0. The van der Waals surface area contributed by atoms with E-state index in [0.29, 0.717) is 19.5 Å². The van der Waals surface area contributed by atoms with Crippen LogP contribution < -0.4 is 10.6 Å². The summed E-state index contributed by atoms with van der Waals surface area (Å²) >= 11 is 0. The number of amides is 2. The number of hydrogen-bond donors (Lipinski definition) is 3. The molecule has 0 aliphatic heterocycles. The topological polar surface area (TPSA) is 69.8 Å². The molecule has 5 nitrogen and oxygen atoms in total. The number of aryl methyl sites for hydroxylation is 3. The highest BCUT2D eigenvalue weighted by molar-refractivity contribution is 5.73. The van der Waals surface area contributed by atoms with Crippen molar-refractivity contribution in [3.63, 3.8) is 0 Å². The van der Waals surface area contributed by atoms with Gasteiger partial charge in [-0.1, -0.05) is 6.07 Å². The summed E-state index contributed by atoms with van der Waals surface area (Å²) in [5, 5.41) is 12.5. The van der Waals surface area contributed by atoms with Gasteiger partial charge in [0.05, 0.1) is 6.20 Å². The zero-order valence-electron chi connectivity index (χ0n) is 13.6. The van der Waals surface area contributed by atoms with E-state index < -0.39 is 0 Å². The van der Waals surface area contributed by atoms with E-state index in [-0.39, 0.29) is 11.8 Å². The summed E-state index contributed by atoms with van der Waals surface area (Å²) in [5.41, 5.74) is 4.20. The third kappa shape index (κ3) is 5.39. The minimum absolute atomic E-state index is 0.173. The van der Waals surface area contributed by atoms with E-state index in [9.17, 15) is 9.18 Å². The number of carbonyl (C=O) groups excluding carboxylic acids is 1. The van der Waals surface area contributed by atoms with Crippen LogP contribution in [-0.2, 0) is 12.8 Å². The smallest absolute Gasteiger partial charge is 0.314 e. The fourth-order valence-electron chi connectivity index (χ4n) is 2.42. The average Bonchev–Trinajstić information content (AvgIpc) is 2.91. The summed E-state index contributed by atoms with van der Waals surface area (Å²) in [6, 6.07) is 4.54. The van der Waals surface area contributed by atoms with Crippen LogP contribution in [0.25, 0.3) is 0 Å². The lowest BCUT2D eigenvalue weighted by Gasteiger charge is -2.09. The quantitative estimate of drug-likeness (QED) is 0.687. The molecule has 1 aromatic carbocycles. The van der Waals surface area contributed by atoms with Gasteiger partial charge in [-0.25, -0.2) is 9.18 Å². The SMILES string of the molecule is Cc1cc(F)ccc1CCNC(=O)NCCCc1cn[nH]c1C. The Hall–Kier alpha value is -2.37. The zero-order chi connectivity index (χ0) is 16.7. The molecule has 0 aliphatic rings. The van der Waals surface area contributed by atoms with Crippen LogP contribution in [0.3, 0.4) is 0 Å². The molecule has 2 aromatic rings. The highest BCUT2D eigenvalue weighted by Crippen LogP contribution is 2.10. The van der Waals surface area contributed by atoms with Crippen molar-refractivity contribution in [1.29, 1.82) is 0 Å². The first-order valence-electron chi connectivity index (χ1n) is 7.82. The molecular formula is C17H23FN4O. The van der Waals surface area contributed by atoms with Gasteiger partial charge in [0.1, 0.15) is 5.82 Å². The predicted molar refractivity (Wildman–Crippen MR) is 87.9 cm³/mol. The standard InChI is InChI=1S/C17H23FN4O/c1-12-10-16(18)6-5-14(12)7-9-20-17(23)19-8-3-4-15-11-21-22-13(15)2/h5-6,10-11H,3-4,7-9H2,1-2H3,(H,21,22)(H2,19,20,23). The van der Waals surface area contributed by atoms with Crippen molar-refractivity contribution < 1.29 is 9.18 Å². The molecule has 0 radical (unpaired) electrons. The van der Waals surface area contributed by atoms with E-state index in [1.807, 2.05) is 20.0 Å². The summed E-state index contributed by atoms with van der Waals surface area (Å²) in [4.78, 5) is 11.7. The number of H-pyrrole nitrogens is 1. The Balaban J connectivity index is 1.61. The summed E-state index contributed by atoms with van der Waals surface area (Å²) in [6.45, 7) is 5.00. The van der Waals surface area contributed by atoms with Gasteiger partial charge < -0.3 is 10.6 Å². The molecular weight excluding hydrogens is 295 g/mol. The van der Waals surface area contributed by atoms with Gasteiger partial charge in [-0.2, -0.15) is 5.10 Å². The van der Waals surface area contributed by atoms with Crippen molar-refractivity contribution in [1.82, 2.24) is 20.8 Å². The molecule has 1 aromatic heterocycles. The van der Waals surface area contributed by atoms with Gasteiger partial charge in [0.15, 0.2) is 0 Å². The van der Waals surface area contributed by atoms with Crippen molar-refractivity contribution in [2.75, 3.05) is 13.1 Å². The molecule has 124 valence electrons. The van der Waals surface area contributed by atoms with Crippen LogP contribution in [0, 0.1) is 19.7 Å². The van der Waals surface area contributed by atoms with Gasteiger partial charge in [-0.15, -0.1) is 0 Å². The fourth-order valence-corrected chi connectivity index (χ4v) is 2.42. The lowest BCUT2D eigenvalue weighted by molar-refractivity contribution is 0.241. The van der Waals surface area contributed by atoms with Crippen LogP contribution in [0.1, 0.15) is 28.8 Å². The van der Waals surface area contributed by atoms with E-state index in [0.717, 1.165) is 29.7 Å². The average molecular weight is 318 g/mol. The molecule has 23 heavy (non-hydrogen) atoms. The van der Waals surface area contributed by atoms with Gasteiger partial charge >= 0.3 is 6.03 Å². The number of nitrogens with zero attached hydrogens (tertiary/aromatic N) is 1. The molecule has 6 heteroatoms. The zero-order valence-corrected chi connectivity index (χ0v) is 13.6. The van der Waals surface area contributed by atoms with Crippen LogP contribution in [-0.4, -0.2) is 29.3 Å². The molecule has 0 saturated carbocycles. The van der Waals surface area contributed by atoms with Gasteiger partial charge in [0, 0.05) is 18.8 Å². The second-order valence-corrected chi connectivity index (χ2v) is 5.63. The Bertz CT molecular complexity index is 654. The molecule has 0 spiro atoms. The van der Waals surface area contributed by atoms with E-state index in [1.165, 1.54) is 17.7 Å². The van der Waals surface area contributed by atoms with Crippen molar-refractivity contribution in [2.45, 2.75) is 33.1 Å². The van der Waals surface area contributed by atoms with Crippen molar-refractivity contribution in [2.24, 2.45) is 0 Å². The number of benzene rings is 1. The summed E-state index contributed by atoms with van der Waals surface area (Å²) in [5.74, 6) is -0.232. The number of carbonyl (C=O) groups is 1. The molecule has 0 unspecified atom stereocenters. The van der Waals surface area contributed by atoms with Crippen LogP contribution in [0.2, 0.25) is 0 Å². The first-order chi connectivity index (χ1) is 11.1. The van der Waals surface area contributed by atoms with Crippen molar-refractivity contribution >= 4 is 6.03 Å². The summed E-state index contributed by atoms with van der Waals surface area (Å²) in [7, 11) is 0. The van der Waals surface area contributed by atoms with E-state index in [4.69, 9.17) is 0 Å². The maximum absolute atomic E-state index is 13.0. The van der Waals surface area contributed by atoms with Gasteiger partial charge in [-0.3, -0.25) is 5.10 Å². The summed E-state index contributed by atoms with van der Waals surface area (Å²) in [6.07, 6.45) is 4.26. The molecule has 2 amide bonds. The molecule has 0 atom stereocenters. The number of aromatic nitrogens is 2. The first-order valence-corrected chi connectivity index (χ1v) is 7.82. The molecule has 0 bridgehead atoms. The Kier molecular flexibility index (Phi) is 6.14. The van der Waals surface area contributed by atoms with Crippen LogP contribution >= 0.6 is 0 Å². The number of hydrogen-bond acceptors (Lipinski definition) is 2. The molecule has 2 rings (SSSR count). The third-order valence-corrected chi connectivity index (χ3v) is 3.83. The van der Waals surface area contributed by atoms with Crippen molar-refractivity contribution in [3.05, 3.63) is 52.6 Å². The lowest BCUT2D eigenvalue weighted by atomic mass is 10.1. The third-order valence-electron chi connectivity index (χ3n) is 3.83. The Morgan fingerprint density at radius 1 is 1.17 bits per heavy atom. The van der Waals surface area contributed by atoms with E-state index in [1.54, 1.807) is 6.07 Å². The minimum Gasteiger partial charge on any atom is -0.338 e. The van der Waals surface area contributed by atoms with Gasteiger partial charge in [-0.05, 0) is 61.9 Å². The van der Waals surface area contributed by atoms with Crippen LogP contribution in [0.4, 0.5) is 9.18 Å². The van der Waals surface area contributed by atoms with Crippen molar-refractivity contribution in [3.8, 4) is 0 Å². The molecule has 0 fully saturated rings.